The molecule has 1 aromatic rings. The molecule has 1 rings (SSSR count). The van der Waals surface area contributed by atoms with Gasteiger partial charge in [-0.15, -0.1) is 0 Å². The predicted molar refractivity (Wildman–Crippen MR) is 78.0 cm³/mol. The summed E-state index contributed by atoms with van der Waals surface area (Å²) in [6.07, 6.45) is 0. The van der Waals surface area contributed by atoms with Crippen LogP contribution < -0.4 is 5.32 Å². The zero-order valence-electron chi connectivity index (χ0n) is 12.8. The molecule has 1 atom stereocenters. The third-order valence-electron chi connectivity index (χ3n) is 3.44. The lowest BCUT2D eigenvalue weighted by molar-refractivity contribution is 0.0398. The molecule has 102 valence electrons. The largest absolute Gasteiger partial charge is 0.388 e. The Labute approximate surface area is 111 Å². The molecule has 0 amide bonds. The molecule has 2 nitrogen and oxygen atoms in total. The van der Waals surface area contributed by atoms with E-state index in [0.29, 0.717) is 0 Å². The average Bonchev–Trinajstić information content (AvgIpc) is 2.17. The zero-order valence-corrected chi connectivity index (χ0v) is 12.8. The van der Waals surface area contributed by atoms with Crippen molar-refractivity contribution in [2.45, 2.75) is 58.6 Å². The second-order valence-corrected chi connectivity index (χ2v) is 6.70. The Morgan fingerprint density at radius 1 is 1.11 bits per heavy atom. The van der Waals surface area contributed by atoms with E-state index in [1.165, 1.54) is 11.1 Å². The second kappa shape index (κ2) is 5.02. The van der Waals surface area contributed by atoms with Gasteiger partial charge in [0, 0.05) is 0 Å². The summed E-state index contributed by atoms with van der Waals surface area (Å²) in [5.74, 6) is 0. The van der Waals surface area contributed by atoms with Crippen LogP contribution in [0.1, 0.15) is 57.4 Å². The summed E-state index contributed by atoms with van der Waals surface area (Å²) in [5, 5.41) is 13.4. The summed E-state index contributed by atoms with van der Waals surface area (Å²) in [7, 11) is 1.89. The fourth-order valence-corrected chi connectivity index (χ4v) is 2.36. The Bertz CT molecular complexity index is 410. The van der Waals surface area contributed by atoms with E-state index in [-0.39, 0.29) is 11.5 Å². The van der Waals surface area contributed by atoms with Crippen molar-refractivity contribution in [3.63, 3.8) is 0 Å². The van der Waals surface area contributed by atoms with Crippen LogP contribution in [0, 0.1) is 6.92 Å². The SMILES string of the molecule is CNC(c1ccc(C(C)(C)C)cc1C)C(C)(C)O. The fraction of sp³-hybridized carbons (Fsp3) is 0.625. The highest BCUT2D eigenvalue weighted by Gasteiger charge is 2.28. The van der Waals surface area contributed by atoms with Gasteiger partial charge in [-0.05, 0) is 49.9 Å². The molecule has 0 aromatic heterocycles. The van der Waals surface area contributed by atoms with Crippen molar-refractivity contribution in [3.05, 3.63) is 34.9 Å². The Balaban J connectivity index is 3.21. The molecule has 2 N–H and O–H groups in total. The first-order valence-electron chi connectivity index (χ1n) is 6.58. The first-order valence-corrected chi connectivity index (χ1v) is 6.58. The molecule has 0 bridgehead atoms. The van der Waals surface area contributed by atoms with Gasteiger partial charge in [0.25, 0.3) is 0 Å². The molecule has 0 aliphatic carbocycles. The molecule has 0 saturated carbocycles. The molecule has 0 radical (unpaired) electrons. The van der Waals surface area contributed by atoms with Crippen LogP contribution in [0.3, 0.4) is 0 Å². The standard InChI is InChI=1S/C16H27NO/c1-11-10-12(15(2,3)4)8-9-13(11)14(17-7)16(5,6)18/h8-10,14,17-18H,1-7H3. The molecule has 18 heavy (non-hydrogen) atoms. The highest BCUT2D eigenvalue weighted by atomic mass is 16.3. The van der Waals surface area contributed by atoms with Crippen LogP contribution in [0.4, 0.5) is 0 Å². The van der Waals surface area contributed by atoms with Gasteiger partial charge in [0.15, 0.2) is 0 Å². The van der Waals surface area contributed by atoms with Crippen molar-refractivity contribution >= 4 is 0 Å². The zero-order chi connectivity index (χ0) is 14.1. The Hall–Kier alpha value is -0.860. The number of rotatable bonds is 3. The van der Waals surface area contributed by atoms with E-state index < -0.39 is 5.60 Å². The Kier molecular flexibility index (Phi) is 4.24. The number of hydrogen-bond acceptors (Lipinski definition) is 2. The van der Waals surface area contributed by atoms with Crippen LogP contribution in [-0.4, -0.2) is 17.8 Å². The molecule has 1 aromatic carbocycles. The highest BCUT2D eigenvalue weighted by molar-refractivity contribution is 5.37. The summed E-state index contributed by atoms with van der Waals surface area (Å²) in [5.41, 5.74) is 3.10. The van der Waals surface area contributed by atoms with Crippen LogP contribution in [-0.2, 0) is 5.41 Å². The summed E-state index contributed by atoms with van der Waals surface area (Å²) < 4.78 is 0. The maximum absolute atomic E-state index is 10.2. The van der Waals surface area contributed by atoms with Crippen LogP contribution in [0.5, 0.6) is 0 Å². The third-order valence-corrected chi connectivity index (χ3v) is 3.44. The van der Waals surface area contributed by atoms with Crippen molar-refractivity contribution in [1.29, 1.82) is 0 Å². The predicted octanol–water partition coefficient (Wildman–Crippen LogP) is 3.32. The summed E-state index contributed by atoms with van der Waals surface area (Å²) >= 11 is 0. The van der Waals surface area contributed by atoms with E-state index in [0.717, 1.165) is 5.56 Å². The number of benzene rings is 1. The first-order chi connectivity index (χ1) is 8.07. The van der Waals surface area contributed by atoms with E-state index in [1.54, 1.807) is 0 Å². The molecule has 1 unspecified atom stereocenters. The molecule has 0 fully saturated rings. The van der Waals surface area contributed by atoms with E-state index in [1.807, 2.05) is 20.9 Å². The minimum Gasteiger partial charge on any atom is -0.388 e. The van der Waals surface area contributed by atoms with Crippen LogP contribution in [0.25, 0.3) is 0 Å². The van der Waals surface area contributed by atoms with Crippen molar-refractivity contribution in [2.24, 2.45) is 0 Å². The lowest BCUT2D eigenvalue weighted by Gasteiger charge is -2.31. The van der Waals surface area contributed by atoms with Gasteiger partial charge in [-0.1, -0.05) is 39.0 Å². The lowest BCUT2D eigenvalue weighted by Crippen LogP contribution is -2.37. The molecule has 0 aliphatic rings. The van der Waals surface area contributed by atoms with Gasteiger partial charge in [-0.25, -0.2) is 0 Å². The van der Waals surface area contributed by atoms with Crippen LogP contribution in [0.2, 0.25) is 0 Å². The number of likely N-dealkylation sites (N-methyl/N-ethyl adjacent to an activating group) is 1. The van der Waals surface area contributed by atoms with Gasteiger partial charge in [0.2, 0.25) is 0 Å². The molecule has 2 heteroatoms. The van der Waals surface area contributed by atoms with Crippen molar-refractivity contribution < 1.29 is 5.11 Å². The summed E-state index contributed by atoms with van der Waals surface area (Å²) in [6, 6.07) is 6.48. The van der Waals surface area contributed by atoms with Gasteiger partial charge < -0.3 is 10.4 Å². The van der Waals surface area contributed by atoms with Gasteiger partial charge in [-0.2, -0.15) is 0 Å². The first kappa shape index (κ1) is 15.2. The number of hydrogen-bond donors (Lipinski definition) is 2. The van der Waals surface area contributed by atoms with E-state index in [9.17, 15) is 5.11 Å². The topological polar surface area (TPSA) is 32.3 Å². The molecule has 0 aliphatic heterocycles. The number of aryl methyl sites for hydroxylation is 1. The van der Waals surface area contributed by atoms with Crippen LogP contribution in [0.15, 0.2) is 18.2 Å². The van der Waals surface area contributed by atoms with Crippen molar-refractivity contribution in [3.8, 4) is 0 Å². The normalized spacial score (nSPS) is 14.7. The van der Waals surface area contributed by atoms with Gasteiger partial charge in [0.05, 0.1) is 11.6 Å². The molecule has 0 heterocycles. The average molecular weight is 249 g/mol. The Morgan fingerprint density at radius 2 is 1.67 bits per heavy atom. The van der Waals surface area contributed by atoms with Gasteiger partial charge in [-0.3, -0.25) is 0 Å². The van der Waals surface area contributed by atoms with E-state index in [2.05, 4.69) is 51.2 Å². The highest BCUT2D eigenvalue weighted by Crippen LogP contribution is 2.31. The summed E-state index contributed by atoms with van der Waals surface area (Å²) in [4.78, 5) is 0. The minimum atomic E-state index is -0.775. The number of nitrogens with one attached hydrogen (secondary N) is 1. The Morgan fingerprint density at radius 3 is 2.00 bits per heavy atom. The molecule has 0 saturated heterocycles. The maximum atomic E-state index is 10.2. The van der Waals surface area contributed by atoms with E-state index >= 15 is 0 Å². The maximum Gasteiger partial charge on any atom is 0.0785 e. The lowest BCUT2D eigenvalue weighted by atomic mass is 9.82. The minimum absolute atomic E-state index is 0.0495. The fourth-order valence-electron chi connectivity index (χ4n) is 2.36. The molecular formula is C16H27NO. The monoisotopic (exact) mass is 249 g/mol. The van der Waals surface area contributed by atoms with Crippen LogP contribution >= 0.6 is 0 Å². The third kappa shape index (κ3) is 3.33. The van der Waals surface area contributed by atoms with Crippen molar-refractivity contribution in [1.82, 2.24) is 5.32 Å². The van der Waals surface area contributed by atoms with Gasteiger partial charge in [0.1, 0.15) is 0 Å². The molecular weight excluding hydrogens is 222 g/mol. The van der Waals surface area contributed by atoms with Crippen molar-refractivity contribution in [2.75, 3.05) is 7.05 Å². The second-order valence-electron chi connectivity index (χ2n) is 6.70. The van der Waals surface area contributed by atoms with Gasteiger partial charge >= 0.3 is 0 Å². The summed E-state index contributed by atoms with van der Waals surface area (Å²) in [6.45, 7) is 12.4. The molecule has 0 spiro atoms. The number of aliphatic hydroxyl groups is 1. The smallest absolute Gasteiger partial charge is 0.0785 e. The quantitative estimate of drug-likeness (QED) is 0.861. The van der Waals surface area contributed by atoms with E-state index in [4.69, 9.17) is 0 Å².